The van der Waals surface area contributed by atoms with Crippen LogP contribution in [-0.4, -0.2) is 35.3 Å². The van der Waals surface area contributed by atoms with Crippen molar-refractivity contribution in [3.8, 4) is 0 Å². The Morgan fingerprint density at radius 1 is 1.17 bits per heavy atom. The van der Waals surface area contributed by atoms with E-state index in [1.54, 1.807) is 13.8 Å². The molecule has 126 valence electrons. The van der Waals surface area contributed by atoms with Crippen molar-refractivity contribution in [2.75, 3.05) is 19.5 Å². The van der Waals surface area contributed by atoms with Gasteiger partial charge in [-0.15, -0.1) is 11.3 Å². The summed E-state index contributed by atoms with van der Waals surface area (Å²) in [7, 11) is 2.50. The number of hydrogen-bond acceptors (Lipinski definition) is 6. The fourth-order valence-electron chi connectivity index (χ4n) is 2.12. The van der Waals surface area contributed by atoms with Crippen molar-refractivity contribution in [3.63, 3.8) is 0 Å². The third kappa shape index (κ3) is 3.06. The second-order valence-electron chi connectivity index (χ2n) is 5.41. The Morgan fingerprint density at radius 2 is 1.70 bits per heavy atom. The first-order valence-corrected chi connectivity index (χ1v) is 8.98. The summed E-state index contributed by atoms with van der Waals surface area (Å²) in [5.41, 5.74) is -0.0527. The summed E-state index contributed by atoms with van der Waals surface area (Å²) >= 11 is 7.86. The van der Waals surface area contributed by atoms with Crippen LogP contribution in [-0.2, 0) is 14.3 Å². The number of methoxy groups -OCH3 is 2. The predicted octanol–water partition coefficient (Wildman–Crippen LogP) is 3.46. The quantitative estimate of drug-likeness (QED) is 0.540. The molecule has 1 aromatic rings. The minimum absolute atomic E-state index is 0.172. The zero-order chi connectivity index (χ0) is 17.6. The second kappa shape index (κ2) is 6.18. The molecule has 0 radical (unpaired) electrons. The molecule has 0 spiro atoms. The minimum Gasteiger partial charge on any atom is -0.465 e. The van der Waals surface area contributed by atoms with Crippen LogP contribution in [0.15, 0.2) is 0 Å². The van der Waals surface area contributed by atoms with E-state index in [4.69, 9.17) is 9.47 Å². The van der Waals surface area contributed by atoms with Gasteiger partial charge in [0, 0.05) is 0 Å². The SMILES string of the molecule is COC(=O)c1sc(NC(=O)[C@]2(C)CC2(Br)Br)c(C(=O)OC)c1C. The van der Waals surface area contributed by atoms with E-state index >= 15 is 0 Å². The Morgan fingerprint density at radius 3 is 2.13 bits per heavy atom. The number of carbonyl (C=O) groups excluding carboxylic acids is 3. The number of halogens is 2. The van der Waals surface area contributed by atoms with E-state index in [0.717, 1.165) is 11.3 Å². The molecule has 1 N–H and O–H groups in total. The van der Waals surface area contributed by atoms with E-state index < -0.39 is 20.6 Å². The monoisotopic (exact) mass is 467 g/mol. The van der Waals surface area contributed by atoms with Gasteiger partial charge in [-0.05, 0) is 25.8 Å². The van der Waals surface area contributed by atoms with Gasteiger partial charge in [-0.25, -0.2) is 9.59 Å². The average Bonchev–Trinajstić information content (AvgIpc) is 2.85. The summed E-state index contributed by atoms with van der Waals surface area (Å²) in [6, 6.07) is 0. The smallest absolute Gasteiger partial charge is 0.348 e. The molecule has 1 saturated carbocycles. The number of thiophene rings is 1. The molecule has 1 aliphatic rings. The van der Waals surface area contributed by atoms with Crippen molar-refractivity contribution in [1.82, 2.24) is 0 Å². The van der Waals surface area contributed by atoms with Gasteiger partial charge in [0.05, 0.1) is 28.4 Å². The van der Waals surface area contributed by atoms with Crippen molar-refractivity contribution < 1.29 is 23.9 Å². The molecule has 23 heavy (non-hydrogen) atoms. The molecule has 6 nitrogen and oxygen atoms in total. The first-order valence-electron chi connectivity index (χ1n) is 6.58. The van der Waals surface area contributed by atoms with Crippen LogP contribution in [0.2, 0.25) is 0 Å². The van der Waals surface area contributed by atoms with Crippen LogP contribution >= 0.6 is 43.2 Å². The summed E-state index contributed by atoms with van der Waals surface area (Å²) in [5.74, 6) is -1.44. The molecule has 0 unspecified atom stereocenters. The van der Waals surface area contributed by atoms with Gasteiger partial charge in [-0.2, -0.15) is 0 Å². The number of esters is 2. The summed E-state index contributed by atoms with van der Waals surface area (Å²) in [5, 5.41) is 3.02. The maximum Gasteiger partial charge on any atom is 0.348 e. The molecule has 0 aliphatic heterocycles. The zero-order valence-electron chi connectivity index (χ0n) is 12.9. The molecule has 0 bridgehead atoms. The first-order chi connectivity index (χ1) is 10.6. The van der Waals surface area contributed by atoms with E-state index in [1.807, 2.05) is 0 Å². The highest BCUT2D eigenvalue weighted by atomic mass is 79.9. The van der Waals surface area contributed by atoms with E-state index in [-0.39, 0.29) is 21.3 Å². The van der Waals surface area contributed by atoms with Crippen LogP contribution in [0, 0.1) is 12.3 Å². The summed E-state index contributed by atoms with van der Waals surface area (Å²) in [4.78, 5) is 36.6. The number of carbonyl (C=O) groups is 3. The van der Waals surface area contributed by atoms with Crippen LogP contribution in [0.3, 0.4) is 0 Å². The van der Waals surface area contributed by atoms with Gasteiger partial charge in [0.1, 0.15) is 9.88 Å². The Balaban J connectivity index is 2.40. The fourth-order valence-corrected chi connectivity index (χ4v) is 4.71. The fraction of sp³-hybridized carbons (Fsp3) is 0.500. The lowest BCUT2D eigenvalue weighted by atomic mass is 10.1. The van der Waals surface area contributed by atoms with Crippen molar-refractivity contribution in [1.29, 1.82) is 0 Å². The molecule has 0 aromatic carbocycles. The molecular weight excluding hydrogens is 454 g/mol. The van der Waals surface area contributed by atoms with Crippen LogP contribution in [0.4, 0.5) is 5.00 Å². The van der Waals surface area contributed by atoms with Gasteiger partial charge in [0.15, 0.2) is 0 Å². The topological polar surface area (TPSA) is 81.7 Å². The molecule has 1 heterocycles. The number of hydrogen-bond donors (Lipinski definition) is 1. The van der Waals surface area contributed by atoms with E-state index in [9.17, 15) is 14.4 Å². The van der Waals surface area contributed by atoms with Crippen LogP contribution in [0.25, 0.3) is 0 Å². The van der Waals surface area contributed by atoms with Gasteiger partial charge >= 0.3 is 11.9 Å². The Kier molecular flexibility index (Phi) is 4.94. The van der Waals surface area contributed by atoms with Crippen LogP contribution in [0.5, 0.6) is 0 Å². The van der Waals surface area contributed by atoms with E-state index in [2.05, 4.69) is 37.2 Å². The lowest BCUT2D eigenvalue weighted by Gasteiger charge is -2.13. The number of nitrogens with one attached hydrogen (secondary N) is 1. The zero-order valence-corrected chi connectivity index (χ0v) is 16.9. The van der Waals surface area contributed by atoms with E-state index in [1.165, 1.54) is 14.2 Å². The minimum atomic E-state index is -0.649. The van der Waals surface area contributed by atoms with Gasteiger partial charge in [0.2, 0.25) is 5.91 Å². The van der Waals surface area contributed by atoms with Crippen molar-refractivity contribution >= 4 is 66.0 Å². The standard InChI is InChI=1S/C14H15Br2NO5S/c1-6-7(10(18)21-3)9(23-8(6)11(19)22-4)17-12(20)13(2)5-14(13,15)16/h5H2,1-4H3,(H,17,20)/t13-/m0/s1. The molecule has 9 heteroatoms. The second-order valence-corrected chi connectivity index (χ2v) is 10.2. The Hall–Kier alpha value is -0.930. The molecule has 1 aromatic heterocycles. The summed E-state index contributed by atoms with van der Waals surface area (Å²) in [6.07, 6.45) is 0.605. The van der Waals surface area contributed by atoms with Gasteiger partial charge < -0.3 is 14.8 Å². The van der Waals surface area contributed by atoms with Crippen LogP contribution < -0.4 is 5.32 Å². The molecule has 2 rings (SSSR count). The molecule has 1 aliphatic carbocycles. The number of ether oxygens (including phenoxy) is 2. The average molecular weight is 469 g/mol. The highest BCUT2D eigenvalue weighted by molar-refractivity contribution is 9.25. The number of rotatable bonds is 4. The third-order valence-corrected chi connectivity index (χ3v) is 7.39. The third-order valence-electron chi connectivity index (χ3n) is 3.89. The maximum absolute atomic E-state index is 12.5. The van der Waals surface area contributed by atoms with Crippen molar-refractivity contribution in [3.05, 3.63) is 16.0 Å². The first kappa shape index (κ1) is 18.4. The Bertz CT molecular complexity index is 700. The van der Waals surface area contributed by atoms with E-state index in [0.29, 0.717) is 12.0 Å². The lowest BCUT2D eigenvalue weighted by Crippen LogP contribution is -2.26. The molecule has 1 atom stereocenters. The van der Waals surface area contributed by atoms with Gasteiger partial charge in [-0.1, -0.05) is 31.9 Å². The van der Waals surface area contributed by atoms with Crippen LogP contribution in [0.1, 0.15) is 38.9 Å². The lowest BCUT2D eigenvalue weighted by molar-refractivity contribution is -0.120. The highest BCUT2D eigenvalue weighted by Gasteiger charge is 2.66. The highest BCUT2D eigenvalue weighted by Crippen LogP contribution is 2.66. The maximum atomic E-state index is 12.5. The number of anilines is 1. The summed E-state index contributed by atoms with van der Waals surface area (Å²) < 4.78 is 9.00. The molecular formula is C14H15Br2NO5S. The summed E-state index contributed by atoms with van der Waals surface area (Å²) in [6.45, 7) is 3.41. The largest absolute Gasteiger partial charge is 0.465 e. The number of amides is 1. The number of alkyl halides is 2. The van der Waals surface area contributed by atoms with Crippen molar-refractivity contribution in [2.24, 2.45) is 5.41 Å². The van der Waals surface area contributed by atoms with Gasteiger partial charge in [0.25, 0.3) is 0 Å². The van der Waals surface area contributed by atoms with Crippen molar-refractivity contribution in [2.45, 2.75) is 23.5 Å². The normalized spacial score (nSPS) is 21.5. The Labute approximate surface area is 154 Å². The predicted molar refractivity (Wildman–Crippen MR) is 93.7 cm³/mol. The van der Waals surface area contributed by atoms with Gasteiger partial charge in [-0.3, -0.25) is 4.79 Å². The molecule has 0 saturated heterocycles. The molecule has 1 amide bonds. The molecule has 1 fully saturated rings.